The van der Waals surface area contributed by atoms with Gasteiger partial charge in [-0.1, -0.05) is 44.1 Å². The fraction of sp³-hybridized carbons (Fsp3) is 0.606. The van der Waals surface area contributed by atoms with Gasteiger partial charge in [-0.25, -0.2) is 0 Å². The first-order chi connectivity index (χ1) is 19.7. The lowest BCUT2D eigenvalue weighted by Gasteiger charge is -2.47. The van der Waals surface area contributed by atoms with Crippen LogP contribution in [0.15, 0.2) is 23.3 Å². The van der Waals surface area contributed by atoms with Crippen LogP contribution >= 0.6 is 0 Å². The largest absolute Gasteiger partial charge is 0.504 e. The molecular formula is C33H41NO8. The summed E-state index contributed by atoms with van der Waals surface area (Å²) in [6.45, 7) is 11.7. The second kappa shape index (κ2) is 9.67. The predicted molar refractivity (Wildman–Crippen MR) is 152 cm³/mol. The van der Waals surface area contributed by atoms with Crippen LogP contribution in [0.3, 0.4) is 0 Å². The molecule has 6 rings (SSSR count). The van der Waals surface area contributed by atoms with Crippen LogP contribution in [0.25, 0.3) is 0 Å². The van der Waals surface area contributed by atoms with Gasteiger partial charge in [-0.15, -0.1) is 0 Å². The molecule has 2 bridgehead atoms. The fourth-order valence-corrected chi connectivity index (χ4v) is 8.90. The molecule has 10 atom stereocenters. The number of allylic oxidation sites excluding steroid dienone is 4. The number of aromatic hydroxyl groups is 3. The Kier molecular flexibility index (Phi) is 6.66. The Morgan fingerprint density at radius 2 is 1.64 bits per heavy atom. The van der Waals surface area contributed by atoms with Crippen LogP contribution in [0.2, 0.25) is 0 Å². The van der Waals surface area contributed by atoms with Crippen LogP contribution < -0.4 is 5.32 Å². The lowest BCUT2D eigenvalue weighted by Crippen LogP contribution is -2.56. The van der Waals surface area contributed by atoms with Gasteiger partial charge in [0.2, 0.25) is 11.7 Å². The van der Waals surface area contributed by atoms with Gasteiger partial charge >= 0.3 is 0 Å². The number of benzene rings is 1. The van der Waals surface area contributed by atoms with E-state index < -0.39 is 70.3 Å². The normalized spacial score (nSPS) is 39.1. The Balaban J connectivity index is 1.62. The highest BCUT2D eigenvalue weighted by atomic mass is 16.5. The highest BCUT2D eigenvalue weighted by Crippen LogP contribution is 2.67. The number of carbonyl (C=O) groups excluding carboxylic acids is 3. The van der Waals surface area contributed by atoms with Gasteiger partial charge in [-0.3, -0.25) is 14.4 Å². The standard InChI is InChI=1S/C33H41NO8/c1-12(2)9-18-24-15(5)14(4)11-17-10-13(3)7-8-19(35)26(37)22-23(31(40)33(17,24)32(41)34-18)29-20-16(6)25(36)28(39)27(38)21(20)30(22)42-29/h10-12,15,17-19,22-24,29-30,35-36,38-39H,7-9H2,1-6H3,(H,34,41)/t15-,17+,18+,19-,22-,23+,24+,29-,30+,33+/m1/s1. The summed E-state index contributed by atoms with van der Waals surface area (Å²) in [7, 11) is 0. The number of fused-ring (bicyclic) bond motifs is 8. The average Bonchev–Trinajstić information content (AvgIpc) is 3.58. The maximum absolute atomic E-state index is 15.4. The van der Waals surface area contributed by atoms with Crippen molar-refractivity contribution < 1.29 is 39.5 Å². The molecule has 3 aliphatic heterocycles. The SMILES string of the molecule is CC1=C[C@H]2C=C(C)[C@@H](C)[C@H]3[C@H](CC(C)C)NC(=O)[C@@]23C(=O)[C@H]2[C@H](C(=O)[C@H](O)CC1)[C@H]1O[C@@H]2c2c(C)c(O)c(O)c(O)c21. The molecule has 42 heavy (non-hydrogen) atoms. The summed E-state index contributed by atoms with van der Waals surface area (Å²) in [5.41, 5.74) is 1.21. The van der Waals surface area contributed by atoms with Crippen LogP contribution in [0.5, 0.6) is 17.2 Å². The van der Waals surface area contributed by atoms with Gasteiger partial charge < -0.3 is 30.5 Å². The Hall–Kier alpha value is -3.17. The van der Waals surface area contributed by atoms with Crippen molar-refractivity contribution in [1.82, 2.24) is 5.32 Å². The summed E-state index contributed by atoms with van der Waals surface area (Å²) in [6, 6.07) is -0.250. The van der Waals surface area contributed by atoms with Crippen molar-refractivity contribution in [3.8, 4) is 17.2 Å². The molecule has 1 amide bonds. The lowest BCUT2D eigenvalue weighted by atomic mass is 9.51. The number of Topliss-reactive ketones (excluding diaryl/α,β-unsaturated/α-hetero) is 2. The van der Waals surface area contributed by atoms with Crippen molar-refractivity contribution in [2.45, 2.75) is 85.2 Å². The van der Waals surface area contributed by atoms with Gasteiger partial charge in [0.05, 0.1) is 24.0 Å². The Morgan fingerprint density at radius 1 is 0.976 bits per heavy atom. The molecule has 0 aromatic heterocycles. The number of ketones is 2. The zero-order chi connectivity index (χ0) is 30.6. The monoisotopic (exact) mass is 579 g/mol. The second-order valence-corrected chi connectivity index (χ2v) is 13.7. The minimum absolute atomic E-state index is 0.0926. The van der Waals surface area contributed by atoms with Crippen LogP contribution in [0.4, 0.5) is 0 Å². The van der Waals surface area contributed by atoms with Crippen LogP contribution in [0.1, 0.15) is 82.8 Å². The van der Waals surface area contributed by atoms with E-state index in [2.05, 4.69) is 26.1 Å². The van der Waals surface area contributed by atoms with E-state index in [1.807, 2.05) is 26.0 Å². The number of aliphatic hydroxyl groups is 1. The minimum atomic E-state index is -1.51. The van der Waals surface area contributed by atoms with E-state index in [4.69, 9.17) is 4.74 Å². The number of nitrogens with one attached hydrogen (secondary N) is 1. The molecule has 5 aliphatic rings. The number of rotatable bonds is 2. The Labute approximate surface area is 245 Å². The number of phenols is 3. The van der Waals surface area contributed by atoms with Gasteiger partial charge in [0.1, 0.15) is 11.5 Å². The van der Waals surface area contributed by atoms with Gasteiger partial charge in [0, 0.05) is 29.0 Å². The Bertz CT molecular complexity index is 1460. The van der Waals surface area contributed by atoms with Crippen molar-refractivity contribution >= 4 is 17.5 Å². The van der Waals surface area contributed by atoms with Crippen molar-refractivity contribution in [2.75, 3.05) is 0 Å². The number of ether oxygens (including phenoxy) is 1. The summed E-state index contributed by atoms with van der Waals surface area (Å²) >= 11 is 0. The second-order valence-electron chi connectivity index (χ2n) is 13.7. The first-order valence-corrected chi connectivity index (χ1v) is 15.1. The van der Waals surface area contributed by atoms with E-state index in [1.54, 1.807) is 6.92 Å². The molecule has 2 aliphatic carbocycles. The number of carbonyl (C=O) groups is 3. The van der Waals surface area contributed by atoms with Gasteiger partial charge in [0.25, 0.3) is 0 Å². The molecule has 1 spiro atoms. The summed E-state index contributed by atoms with van der Waals surface area (Å²) in [6.07, 6.45) is 1.67. The van der Waals surface area contributed by atoms with Crippen LogP contribution in [-0.2, 0) is 19.1 Å². The van der Waals surface area contributed by atoms with Gasteiger partial charge in [0.15, 0.2) is 23.1 Å². The topological polar surface area (TPSA) is 153 Å². The smallest absolute Gasteiger partial charge is 0.235 e. The van der Waals surface area contributed by atoms with Crippen molar-refractivity contribution in [3.05, 3.63) is 40.0 Å². The van der Waals surface area contributed by atoms with Gasteiger partial charge in [-0.05, 0) is 57.4 Å². The first kappa shape index (κ1) is 28.9. The third-order valence-electron chi connectivity index (χ3n) is 10.9. The molecule has 0 saturated carbocycles. The van der Waals surface area contributed by atoms with Gasteiger partial charge in [-0.2, -0.15) is 0 Å². The summed E-state index contributed by atoms with van der Waals surface area (Å²) in [5, 5.41) is 46.2. The van der Waals surface area contributed by atoms with E-state index in [0.29, 0.717) is 18.4 Å². The molecule has 0 radical (unpaired) electrons. The number of aliphatic hydroxyl groups excluding tert-OH is 1. The summed E-state index contributed by atoms with van der Waals surface area (Å²) < 4.78 is 6.30. The molecule has 5 N–H and O–H groups in total. The van der Waals surface area contributed by atoms with E-state index in [-0.39, 0.29) is 47.3 Å². The third kappa shape index (κ3) is 3.65. The quantitative estimate of drug-likeness (QED) is 0.200. The maximum Gasteiger partial charge on any atom is 0.235 e. The van der Waals surface area contributed by atoms with Crippen molar-refractivity contribution in [1.29, 1.82) is 0 Å². The molecule has 0 unspecified atom stereocenters. The number of hydrogen-bond donors (Lipinski definition) is 5. The van der Waals surface area contributed by atoms with E-state index in [9.17, 15) is 30.0 Å². The molecular weight excluding hydrogens is 538 g/mol. The zero-order valence-corrected chi connectivity index (χ0v) is 25.0. The summed E-state index contributed by atoms with van der Waals surface area (Å²) in [5.74, 6) is -6.25. The third-order valence-corrected chi connectivity index (χ3v) is 10.9. The molecule has 2 fully saturated rings. The molecule has 226 valence electrons. The van der Waals surface area contributed by atoms with E-state index in [0.717, 1.165) is 11.1 Å². The average molecular weight is 580 g/mol. The zero-order valence-electron chi connectivity index (χ0n) is 25.0. The highest BCUT2D eigenvalue weighted by Gasteiger charge is 2.71. The molecule has 9 nitrogen and oxygen atoms in total. The fourth-order valence-electron chi connectivity index (χ4n) is 8.90. The van der Waals surface area contributed by atoms with E-state index in [1.165, 1.54) is 0 Å². The molecule has 1 aromatic rings. The Morgan fingerprint density at radius 3 is 2.31 bits per heavy atom. The number of phenolic OH excluding ortho intramolecular Hbond substituents is 3. The van der Waals surface area contributed by atoms with Crippen LogP contribution in [-0.4, -0.2) is 50.0 Å². The predicted octanol–water partition coefficient (Wildman–Crippen LogP) is 4.07. The van der Waals surface area contributed by atoms with Crippen molar-refractivity contribution in [3.63, 3.8) is 0 Å². The molecule has 3 heterocycles. The highest BCUT2D eigenvalue weighted by molar-refractivity contribution is 6.12. The summed E-state index contributed by atoms with van der Waals surface area (Å²) in [4.78, 5) is 43.8. The van der Waals surface area contributed by atoms with E-state index >= 15 is 4.79 Å². The van der Waals surface area contributed by atoms with Crippen LogP contribution in [0, 0.1) is 47.8 Å². The molecule has 1 aromatic carbocycles. The maximum atomic E-state index is 15.4. The number of hydrogen-bond acceptors (Lipinski definition) is 8. The first-order valence-electron chi connectivity index (χ1n) is 15.1. The van der Waals surface area contributed by atoms with Crippen molar-refractivity contribution in [2.24, 2.45) is 40.9 Å². The lowest BCUT2D eigenvalue weighted by molar-refractivity contribution is -0.152. The molecule has 9 heteroatoms. The number of amides is 1. The minimum Gasteiger partial charge on any atom is -0.504 e. The molecule has 2 saturated heterocycles.